The van der Waals surface area contributed by atoms with Gasteiger partial charge in [-0.1, -0.05) is 12.6 Å². The van der Waals surface area contributed by atoms with E-state index in [1.54, 1.807) is 12.4 Å². The van der Waals surface area contributed by atoms with Crippen LogP contribution in [-0.2, 0) is 0 Å². The first-order chi connectivity index (χ1) is 11.7. The summed E-state index contributed by atoms with van der Waals surface area (Å²) in [6, 6.07) is 3.80. The van der Waals surface area contributed by atoms with Gasteiger partial charge in [0.2, 0.25) is 0 Å². The zero-order valence-electron chi connectivity index (χ0n) is 13.1. The topological polar surface area (TPSA) is 67.6 Å². The Morgan fingerprint density at radius 2 is 2.21 bits per heavy atom. The number of H-pyrrole nitrogens is 1. The molecule has 1 aliphatic carbocycles. The number of nitrogens with one attached hydrogen (secondary N) is 1. The van der Waals surface area contributed by atoms with E-state index in [0.717, 1.165) is 45.5 Å². The third kappa shape index (κ3) is 2.38. The molecule has 4 rings (SSSR count). The van der Waals surface area contributed by atoms with Gasteiger partial charge in [0, 0.05) is 34.8 Å². The van der Waals surface area contributed by atoms with Gasteiger partial charge in [0.1, 0.15) is 11.5 Å². The van der Waals surface area contributed by atoms with E-state index in [1.807, 2.05) is 18.2 Å². The number of hydrogen-bond donors (Lipinski definition) is 2. The molecule has 0 radical (unpaired) electrons. The lowest BCUT2D eigenvalue weighted by molar-refractivity contribution is 0.608. The maximum atomic E-state index is 14.4. The zero-order chi connectivity index (χ0) is 16.7. The van der Waals surface area contributed by atoms with Crippen molar-refractivity contribution < 1.29 is 4.39 Å². The second kappa shape index (κ2) is 5.60. The highest BCUT2D eigenvalue weighted by molar-refractivity contribution is 5.92. The largest absolute Gasteiger partial charge is 0.403 e. The number of rotatable bonds is 3. The van der Waals surface area contributed by atoms with Crippen LogP contribution >= 0.6 is 0 Å². The maximum Gasteiger partial charge on any atom is 0.145 e. The molecule has 1 saturated carbocycles. The van der Waals surface area contributed by atoms with Gasteiger partial charge >= 0.3 is 0 Å². The summed E-state index contributed by atoms with van der Waals surface area (Å²) in [7, 11) is 0. The second-order valence-corrected chi connectivity index (χ2v) is 6.05. The third-order valence-electron chi connectivity index (χ3n) is 4.39. The Morgan fingerprint density at radius 3 is 2.88 bits per heavy atom. The Bertz CT molecular complexity index is 1050. The number of pyridine rings is 2. The Hall–Kier alpha value is -2.95. The van der Waals surface area contributed by atoms with Crippen LogP contribution in [0, 0.1) is 5.82 Å². The van der Waals surface area contributed by atoms with Crippen molar-refractivity contribution in [2.45, 2.75) is 18.8 Å². The summed E-state index contributed by atoms with van der Waals surface area (Å²) in [5.74, 6) is 0.00458. The molecule has 24 heavy (non-hydrogen) atoms. The molecule has 3 aromatic rings. The van der Waals surface area contributed by atoms with Gasteiger partial charge < -0.3 is 10.7 Å². The molecule has 0 amide bonds. The van der Waals surface area contributed by atoms with E-state index in [1.165, 1.54) is 12.4 Å². The lowest BCUT2D eigenvalue weighted by Gasteiger charge is -2.03. The number of aromatic nitrogens is 3. The molecule has 3 N–H and O–H groups in total. The van der Waals surface area contributed by atoms with E-state index in [9.17, 15) is 4.39 Å². The summed E-state index contributed by atoms with van der Waals surface area (Å²) in [6.07, 6.45) is 10.2. The molecule has 4 nitrogen and oxygen atoms in total. The SMILES string of the molecule is C=C(/C=c1\c(=C/N)[nH]c2ncc(F)c(C3CC3)c12)c1cccnc1. The van der Waals surface area contributed by atoms with Crippen molar-refractivity contribution in [1.29, 1.82) is 0 Å². The van der Waals surface area contributed by atoms with Crippen LogP contribution in [0.2, 0.25) is 0 Å². The molecule has 0 aliphatic heterocycles. The highest BCUT2D eigenvalue weighted by Gasteiger charge is 2.29. The molecular formula is C19H17FN4. The predicted molar refractivity (Wildman–Crippen MR) is 93.7 cm³/mol. The number of hydrogen-bond acceptors (Lipinski definition) is 3. The van der Waals surface area contributed by atoms with Crippen LogP contribution in [0.3, 0.4) is 0 Å². The normalized spacial score (nSPS) is 16.0. The van der Waals surface area contributed by atoms with Gasteiger partial charge in [0.05, 0.1) is 11.5 Å². The molecule has 5 heteroatoms. The summed E-state index contributed by atoms with van der Waals surface area (Å²) in [6.45, 7) is 4.12. The lowest BCUT2D eigenvalue weighted by Crippen LogP contribution is -2.25. The van der Waals surface area contributed by atoms with Crippen LogP contribution < -0.4 is 16.3 Å². The summed E-state index contributed by atoms with van der Waals surface area (Å²) < 4.78 is 14.4. The molecule has 0 saturated heterocycles. The number of nitrogens with two attached hydrogens (primary N) is 1. The number of fused-ring (bicyclic) bond motifs is 1. The lowest BCUT2D eigenvalue weighted by atomic mass is 10.0. The van der Waals surface area contributed by atoms with Crippen LogP contribution in [0.4, 0.5) is 4.39 Å². The molecule has 0 atom stereocenters. The quantitative estimate of drug-likeness (QED) is 0.777. The van der Waals surface area contributed by atoms with Crippen molar-refractivity contribution in [3.63, 3.8) is 0 Å². The fraction of sp³-hybridized carbons (Fsp3) is 0.158. The van der Waals surface area contributed by atoms with Gasteiger partial charge in [-0.3, -0.25) is 4.98 Å². The van der Waals surface area contributed by atoms with Gasteiger partial charge in [-0.15, -0.1) is 0 Å². The van der Waals surface area contributed by atoms with E-state index < -0.39 is 0 Å². The second-order valence-electron chi connectivity index (χ2n) is 6.05. The van der Waals surface area contributed by atoms with Crippen molar-refractivity contribution in [2.75, 3.05) is 0 Å². The van der Waals surface area contributed by atoms with Crippen molar-refractivity contribution >= 4 is 28.9 Å². The van der Waals surface area contributed by atoms with Crippen molar-refractivity contribution in [2.24, 2.45) is 5.73 Å². The van der Waals surface area contributed by atoms with E-state index in [2.05, 4.69) is 21.5 Å². The first-order valence-corrected chi connectivity index (χ1v) is 7.88. The van der Waals surface area contributed by atoms with Crippen LogP contribution in [0.1, 0.15) is 29.9 Å². The van der Waals surface area contributed by atoms with Gasteiger partial charge in [0.25, 0.3) is 0 Å². The van der Waals surface area contributed by atoms with Crippen LogP contribution in [0.25, 0.3) is 28.9 Å². The smallest absolute Gasteiger partial charge is 0.145 e. The molecule has 0 bridgehead atoms. The monoisotopic (exact) mass is 320 g/mol. The number of halogens is 1. The predicted octanol–water partition coefficient (Wildman–Crippen LogP) is 2.17. The Kier molecular flexibility index (Phi) is 3.41. The van der Waals surface area contributed by atoms with Gasteiger partial charge in [-0.05, 0) is 42.0 Å². The Balaban J connectivity index is 2.02. The number of allylic oxidation sites excluding steroid dienone is 1. The fourth-order valence-electron chi connectivity index (χ4n) is 3.06. The molecule has 0 unspecified atom stereocenters. The van der Waals surface area contributed by atoms with E-state index in [4.69, 9.17) is 5.73 Å². The minimum atomic E-state index is -0.255. The average molecular weight is 320 g/mol. The molecule has 1 fully saturated rings. The minimum Gasteiger partial charge on any atom is -0.403 e. The van der Waals surface area contributed by atoms with Gasteiger partial charge in [-0.25, -0.2) is 9.37 Å². The van der Waals surface area contributed by atoms with Crippen molar-refractivity contribution in [3.8, 4) is 0 Å². The maximum absolute atomic E-state index is 14.4. The van der Waals surface area contributed by atoms with Crippen molar-refractivity contribution in [1.82, 2.24) is 15.0 Å². The first kappa shape index (κ1) is 14.6. The molecule has 120 valence electrons. The average Bonchev–Trinajstić information content (AvgIpc) is 3.38. The van der Waals surface area contributed by atoms with Crippen LogP contribution in [-0.4, -0.2) is 15.0 Å². The first-order valence-electron chi connectivity index (χ1n) is 7.88. The third-order valence-corrected chi connectivity index (χ3v) is 4.39. The summed E-state index contributed by atoms with van der Waals surface area (Å²) >= 11 is 0. The Labute approximate surface area is 138 Å². The van der Waals surface area contributed by atoms with E-state index >= 15 is 0 Å². The zero-order valence-corrected chi connectivity index (χ0v) is 13.1. The summed E-state index contributed by atoms with van der Waals surface area (Å²) in [5.41, 5.74) is 8.85. The van der Waals surface area contributed by atoms with E-state index in [-0.39, 0.29) is 11.7 Å². The van der Waals surface area contributed by atoms with Crippen LogP contribution in [0.5, 0.6) is 0 Å². The fourth-order valence-corrected chi connectivity index (χ4v) is 3.06. The molecule has 3 heterocycles. The summed E-state index contributed by atoms with van der Waals surface area (Å²) in [5, 5.41) is 2.35. The molecule has 0 aromatic carbocycles. The summed E-state index contributed by atoms with van der Waals surface area (Å²) in [4.78, 5) is 11.5. The highest BCUT2D eigenvalue weighted by atomic mass is 19.1. The standard InChI is InChI=1S/C19H17FN4/c1-11(13-3-2-6-22-9-13)7-14-16(8-21)24-19-18(14)17(12-4-5-12)15(20)10-23-19/h2-3,6-10,12H,1,4-5,21H2,(H,23,24)/b14-7+,16-8+. The Morgan fingerprint density at radius 1 is 1.38 bits per heavy atom. The van der Waals surface area contributed by atoms with Gasteiger partial charge in [0.15, 0.2) is 0 Å². The van der Waals surface area contributed by atoms with Crippen molar-refractivity contribution in [3.05, 3.63) is 64.8 Å². The molecule has 3 aromatic heterocycles. The van der Waals surface area contributed by atoms with E-state index in [0.29, 0.717) is 5.65 Å². The molecule has 1 aliphatic rings. The minimum absolute atomic E-state index is 0.255. The highest BCUT2D eigenvalue weighted by Crippen LogP contribution is 2.43. The van der Waals surface area contributed by atoms with Gasteiger partial charge in [-0.2, -0.15) is 0 Å². The van der Waals surface area contributed by atoms with Crippen LogP contribution in [0.15, 0.2) is 37.3 Å². The number of aromatic amines is 1. The number of nitrogens with zero attached hydrogens (tertiary/aromatic N) is 2. The molecule has 0 spiro atoms. The molecular weight excluding hydrogens is 303 g/mol.